The Hall–Kier alpha value is -3.31. The van der Waals surface area contributed by atoms with Crippen molar-refractivity contribution >= 4 is 11.6 Å². The minimum absolute atomic E-state index is 0.0510. The number of aryl methyl sites for hydroxylation is 2. The van der Waals surface area contributed by atoms with Gasteiger partial charge in [0.25, 0.3) is 0 Å². The van der Waals surface area contributed by atoms with E-state index in [1.807, 2.05) is 44.2 Å². The Morgan fingerprint density at radius 1 is 1.19 bits per heavy atom. The van der Waals surface area contributed by atoms with Crippen LogP contribution >= 0.6 is 0 Å². The van der Waals surface area contributed by atoms with E-state index in [1.165, 1.54) is 4.68 Å². The maximum atomic E-state index is 9.71. The summed E-state index contributed by atoms with van der Waals surface area (Å²) in [5.41, 5.74) is 3.39. The lowest BCUT2D eigenvalue weighted by atomic mass is 10.2. The summed E-state index contributed by atoms with van der Waals surface area (Å²) in [6, 6.07) is 9.64. The number of pyridine rings is 2. The van der Waals surface area contributed by atoms with E-state index in [4.69, 9.17) is 5.26 Å². The summed E-state index contributed by atoms with van der Waals surface area (Å²) < 4.78 is 1.51. The summed E-state index contributed by atoms with van der Waals surface area (Å²) in [4.78, 5) is 8.86. The molecular formula is C18H19N7O. The fraction of sp³-hybridized carbons (Fsp3) is 0.278. The Morgan fingerprint density at radius 3 is 2.77 bits per heavy atom. The van der Waals surface area contributed by atoms with Crippen molar-refractivity contribution in [2.24, 2.45) is 0 Å². The number of rotatable bonds is 6. The van der Waals surface area contributed by atoms with Crippen LogP contribution in [0.4, 0.5) is 11.6 Å². The molecule has 0 aliphatic rings. The van der Waals surface area contributed by atoms with Gasteiger partial charge in [-0.3, -0.25) is 0 Å². The lowest BCUT2D eigenvalue weighted by Crippen LogP contribution is -2.15. The minimum atomic E-state index is -0.773. The van der Waals surface area contributed by atoms with Crippen molar-refractivity contribution in [3.05, 3.63) is 47.8 Å². The molecule has 0 spiro atoms. The van der Waals surface area contributed by atoms with Gasteiger partial charge in [-0.15, -0.1) is 5.10 Å². The maximum Gasteiger partial charge on any atom is 0.132 e. The van der Waals surface area contributed by atoms with Crippen molar-refractivity contribution in [2.75, 3.05) is 5.32 Å². The van der Waals surface area contributed by atoms with Crippen molar-refractivity contribution in [2.45, 2.75) is 32.9 Å². The van der Waals surface area contributed by atoms with Crippen LogP contribution in [0.1, 0.15) is 17.5 Å². The van der Waals surface area contributed by atoms with Crippen LogP contribution in [0.25, 0.3) is 11.4 Å². The van der Waals surface area contributed by atoms with E-state index in [2.05, 4.69) is 25.6 Å². The van der Waals surface area contributed by atoms with Gasteiger partial charge in [0.2, 0.25) is 0 Å². The van der Waals surface area contributed by atoms with Crippen LogP contribution in [-0.2, 0) is 6.54 Å². The van der Waals surface area contributed by atoms with Crippen molar-refractivity contribution in [3.8, 4) is 17.5 Å². The first-order valence-electron chi connectivity index (χ1n) is 8.17. The zero-order chi connectivity index (χ0) is 18.5. The molecule has 26 heavy (non-hydrogen) atoms. The van der Waals surface area contributed by atoms with Gasteiger partial charge in [0, 0.05) is 6.20 Å². The van der Waals surface area contributed by atoms with Gasteiger partial charge in [-0.1, -0.05) is 5.21 Å². The molecule has 0 fully saturated rings. The third-order valence-electron chi connectivity index (χ3n) is 3.67. The van der Waals surface area contributed by atoms with Gasteiger partial charge in [0.05, 0.1) is 37.0 Å². The zero-order valence-corrected chi connectivity index (χ0v) is 14.6. The highest BCUT2D eigenvalue weighted by molar-refractivity contribution is 5.61. The quantitative estimate of drug-likeness (QED) is 0.702. The number of nitrogens with one attached hydrogen (secondary N) is 1. The first kappa shape index (κ1) is 17.5. The van der Waals surface area contributed by atoms with Gasteiger partial charge >= 0.3 is 0 Å². The smallest absolute Gasteiger partial charge is 0.132 e. The molecule has 2 N–H and O–H groups in total. The molecule has 3 aromatic heterocycles. The molecule has 0 aliphatic heterocycles. The predicted octanol–water partition coefficient (Wildman–Crippen LogP) is 2.37. The van der Waals surface area contributed by atoms with Crippen LogP contribution in [0, 0.1) is 25.2 Å². The van der Waals surface area contributed by atoms with E-state index in [1.54, 1.807) is 12.4 Å². The predicted molar refractivity (Wildman–Crippen MR) is 96.5 cm³/mol. The zero-order valence-electron chi connectivity index (χ0n) is 14.6. The second-order valence-corrected chi connectivity index (χ2v) is 6.10. The summed E-state index contributed by atoms with van der Waals surface area (Å²) in [7, 11) is 0. The molecule has 3 heterocycles. The second-order valence-electron chi connectivity index (χ2n) is 6.10. The molecule has 0 radical (unpaired) electrons. The largest absolute Gasteiger partial charge is 0.390 e. The first-order valence-corrected chi connectivity index (χ1v) is 8.17. The van der Waals surface area contributed by atoms with Gasteiger partial charge in [0.15, 0.2) is 0 Å². The van der Waals surface area contributed by atoms with Crippen molar-refractivity contribution in [1.29, 1.82) is 5.26 Å². The number of nitriles is 1. The minimum Gasteiger partial charge on any atom is -0.390 e. The van der Waals surface area contributed by atoms with Crippen LogP contribution in [0.15, 0.2) is 36.7 Å². The van der Waals surface area contributed by atoms with Crippen LogP contribution in [-0.4, -0.2) is 36.2 Å². The van der Waals surface area contributed by atoms with Crippen molar-refractivity contribution in [3.63, 3.8) is 0 Å². The summed E-state index contributed by atoms with van der Waals surface area (Å²) in [5.74, 6) is 1.38. The van der Waals surface area contributed by atoms with E-state index >= 15 is 0 Å². The monoisotopic (exact) mass is 349 g/mol. The molecule has 8 nitrogen and oxygen atoms in total. The van der Waals surface area contributed by atoms with E-state index in [0.717, 1.165) is 16.9 Å². The van der Waals surface area contributed by atoms with Gasteiger partial charge < -0.3 is 10.4 Å². The van der Waals surface area contributed by atoms with E-state index in [0.29, 0.717) is 17.2 Å². The standard InChI is InChI=1S/C18H19N7O/c1-12-4-6-20-17(8-12)22-18-9-13(2)7-15(21-18)16-11-25(24-23-16)10-14(26)3-5-19/h4,6-9,11,14,26H,3,10H2,1-2H3,(H,20,21,22)/t14-/m1/s1. The second kappa shape index (κ2) is 7.72. The number of hydrogen-bond acceptors (Lipinski definition) is 7. The van der Waals surface area contributed by atoms with Gasteiger partial charge in [-0.05, 0) is 49.2 Å². The molecule has 1 atom stereocenters. The maximum absolute atomic E-state index is 9.71. The fourth-order valence-electron chi connectivity index (χ4n) is 2.49. The highest BCUT2D eigenvalue weighted by Crippen LogP contribution is 2.21. The molecule has 3 rings (SSSR count). The number of nitrogens with zero attached hydrogens (tertiary/aromatic N) is 6. The average molecular weight is 349 g/mol. The average Bonchev–Trinajstić information content (AvgIpc) is 3.03. The fourth-order valence-corrected chi connectivity index (χ4v) is 2.49. The normalized spacial score (nSPS) is 11.8. The number of aliphatic hydroxyl groups excluding tert-OH is 1. The van der Waals surface area contributed by atoms with Gasteiger partial charge in [-0.2, -0.15) is 5.26 Å². The SMILES string of the molecule is Cc1ccnc(Nc2cc(C)cc(-c3cn(C[C@H](O)CC#N)nn3)n2)c1. The van der Waals surface area contributed by atoms with Gasteiger partial charge in [-0.25, -0.2) is 14.6 Å². The topological polar surface area (TPSA) is 113 Å². The third kappa shape index (κ3) is 4.40. The molecular weight excluding hydrogens is 330 g/mol. The Balaban J connectivity index is 1.82. The molecule has 8 heteroatoms. The van der Waals surface area contributed by atoms with Gasteiger partial charge in [0.1, 0.15) is 17.3 Å². The Labute approximate surface area is 151 Å². The molecule has 0 bridgehead atoms. The first-order chi connectivity index (χ1) is 12.5. The Bertz CT molecular complexity index is 945. The highest BCUT2D eigenvalue weighted by Gasteiger charge is 2.11. The lowest BCUT2D eigenvalue weighted by molar-refractivity contribution is 0.153. The van der Waals surface area contributed by atoms with Crippen molar-refractivity contribution in [1.82, 2.24) is 25.0 Å². The number of hydrogen-bond donors (Lipinski definition) is 2. The van der Waals surface area contributed by atoms with Crippen LogP contribution in [0.3, 0.4) is 0 Å². The summed E-state index contributed by atoms with van der Waals surface area (Å²) in [6.07, 6.45) is 2.73. The Morgan fingerprint density at radius 2 is 2.00 bits per heavy atom. The third-order valence-corrected chi connectivity index (χ3v) is 3.67. The highest BCUT2D eigenvalue weighted by atomic mass is 16.3. The van der Waals surface area contributed by atoms with E-state index in [9.17, 15) is 5.11 Å². The summed E-state index contributed by atoms with van der Waals surface area (Å²) in [6.45, 7) is 4.19. The molecule has 3 aromatic rings. The number of aromatic nitrogens is 5. The van der Waals surface area contributed by atoms with E-state index < -0.39 is 6.10 Å². The summed E-state index contributed by atoms with van der Waals surface area (Å²) in [5, 5.41) is 29.6. The van der Waals surface area contributed by atoms with Crippen LogP contribution < -0.4 is 5.32 Å². The molecule has 132 valence electrons. The molecule has 0 saturated heterocycles. The molecule has 0 saturated carbocycles. The van der Waals surface area contributed by atoms with Crippen LogP contribution in [0.5, 0.6) is 0 Å². The number of anilines is 2. The molecule has 0 unspecified atom stereocenters. The molecule has 0 aliphatic carbocycles. The van der Waals surface area contributed by atoms with Crippen molar-refractivity contribution < 1.29 is 5.11 Å². The van der Waals surface area contributed by atoms with Crippen LogP contribution in [0.2, 0.25) is 0 Å². The lowest BCUT2D eigenvalue weighted by Gasteiger charge is -2.08. The summed E-state index contributed by atoms with van der Waals surface area (Å²) >= 11 is 0. The Kier molecular flexibility index (Phi) is 5.20. The molecule has 0 aromatic carbocycles. The number of aliphatic hydroxyl groups is 1. The van der Waals surface area contributed by atoms with E-state index in [-0.39, 0.29) is 13.0 Å². The molecule has 0 amide bonds.